The molecule has 26 heavy (non-hydrogen) atoms. The highest BCUT2D eigenvalue weighted by Crippen LogP contribution is 2.29. The summed E-state index contributed by atoms with van der Waals surface area (Å²) in [6.45, 7) is 13.0. The molecule has 2 heterocycles. The maximum Gasteiger partial charge on any atom is 0.122 e. The van der Waals surface area contributed by atoms with Crippen LogP contribution in [0, 0.1) is 0 Å². The van der Waals surface area contributed by atoms with E-state index in [0.29, 0.717) is 12.6 Å². The van der Waals surface area contributed by atoms with Crippen molar-refractivity contribution < 1.29 is 4.74 Å². The topological polar surface area (TPSA) is 27.1 Å². The second-order valence-electron chi connectivity index (χ2n) is 8.50. The number of fused-ring (bicyclic) bond motifs is 1. The van der Waals surface area contributed by atoms with Gasteiger partial charge < -0.3 is 9.30 Å². The van der Waals surface area contributed by atoms with Gasteiger partial charge in [0, 0.05) is 31.8 Å². The van der Waals surface area contributed by atoms with E-state index in [1.165, 1.54) is 22.6 Å². The van der Waals surface area contributed by atoms with Gasteiger partial charge in [-0.2, -0.15) is 0 Å². The highest BCUT2D eigenvalue weighted by atomic mass is 28.3. The van der Waals surface area contributed by atoms with Crippen LogP contribution >= 0.6 is 0 Å². The minimum Gasteiger partial charge on any atom is -0.361 e. The molecular formula is C22H30N2OSi. The van der Waals surface area contributed by atoms with Crippen molar-refractivity contribution in [1.29, 1.82) is 0 Å². The Morgan fingerprint density at radius 3 is 2.62 bits per heavy atom. The van der Waals surface area contributed by atoms with Gasteiger partial charge in [0.15, 0.2) is 0 Å². The lowest BCUT2D eigenvalue weighted by Crippen LogP contribution is -2.21. The molecule has 0 saturated carbocycles. The molecule has 138 valence electrons. The molecule has 3 nitrogen and oxygen atoms in total. The number of pyridine rings is 1. The zero-order chi connectivity index (χ0) is 18.7. The van der Waals surface area contributed by atoms with Crippen molar-refractivity contribution in [3.63, 3.8) is 0 Å². The Morgan fingerprint density at radius 1 is 1.12 bits per heavy atom. The molecule has 0 unspecified atom stereocenters. The van der Waals surface area contributed by atoms with Gasteiger partial charge in [0.2, 0.25) is 0 Å². The summed E-state index contributed by atoms with van der Waals surface area (Å²) in [5.74, 6) is 0.480. The maximum absolute atomic E-state index is 5.90. The number of benzene rings is 1. The summed E-state index contributed by atoms with van der Waals surface area (Å²) in [6, 6.07) is 14.1. The predicted octanol–water partition coefficient (Wildman–Crippen LogP) is 6.14. The van der Waals surface area contributed by atoms with Crippen LogP contribution in [0.3, 0.4) is 0 Å². The summed E-state index contributed by atoms with van der Waals surface area (Å²) in [5, 5.41) is 1.21. The van der Waals surface area contributed by atoms with Crippen LogP contribution < -0.4 is 0 Å². The van der Waals surface area contributed by atoms with Gasteiger partial charge in [0.1, 0.15) is 6.73 Å². The van der Waals surface area contributed by atoms with E-state index in [4.69, 9.17) is 9.72 Å². The van der Waals surface area contributed by atoms with Gasteiger partial charge in [-0.3, -0.25) is 4.98 Å². The van der Waals surface area contributed by atoms with Gasteiger partial charge >= 0.3 is 0 Å². The first-order chi connectivity index (χ1) is 12.3. The minimum atomic E-state index is -1.04. The van der Waals surface area contributed by atoms with Gasteiger partial charge in [-0.1, -0.05) is 57.8 Å². The lowest BCUT2D eigenvalue weighted by atomic mass is 9.95. The van der Waals surface area contributed by atoms with Gasteiger partial charge in [-0.15, -0.1) is 0 Å². The first-order valence-electron chi connectivity index (χ1n) is 9.47. The summed E-state index contributed by atoms with van der Waals surface area (Å²) in [7, 11) is -1.04. The molecule has 4 heteroatoms. The molecule has 0 fully saturated rings. The lowest BCUT2D eigenvalue weighted by Gasteiger charge is -2.16. The average Bonchev–Trinajstić information content (AvgIpc) is 3.00. The van der Waals surface area contributed by atoms with Gasteiger partial charge in [-0.25, -0.2) is 0 Å². The Hall–Kier alpha value is -1.91. The van der Waals surface area contributed by atoms with E-state index < -0.39 is 8.07 Å². The molecule has 2 aromatic heterocycles. The largest absolute Gasteiger partial charge is 0.361 e. The average molecular weight is 367 g/mol. The molecule has 0 aliphatic heterocycles. The van der Waals surface area contributed by atoms with Crippen molar-refractivity contribution in [3.05, 3.63) is 54.4 Å². The van der Waals surface area contributed by atoms with Crippen LogP contribution in [0.5, 0.6) is 0 Å². The number of ether oxygens (including phenoxy) is 1. The Balaban J connectivity index is 1.79. The Morgan fingerprint density at radius 2 is 1.88 bits per heavy atom. The molecule has 0 atom stereocenters. The molecule has 0 radical (unpaired) electrons. The fourth-order valence-corrected chi connectivity index (χ4v) is 3.88. The highest BCUT2D eigenvalue weighted by Gasteiger charge is 2.13. The number of hydrogen-bond donors (Lipinski definition) is 0. The van der Waals surface area contributed by atoms with Crippen molar-refractivity contribution in [2.75, 3.05) is 6.61 Å². The van der Waals surface area contributed by atoms with Gasteiger partial charge in [-0.05, 0) is 29.7 Å². The monoisotopic (exact) mass is 366 g/mol. The number of aromatic nitrogens is 2. The lowest BCUT2D eigenvalue weighted by molar-refractivity contribution is 0.0902. The number of rotatable bonds is 7. The summed E-state index contributed by atoms with van der Waals surface area (Å²) in [4.78, 5) is 4.75. The highest BCUT2D eigenvalue weighted by molar-refractivity contribution is 6.76. The van der Waals surface area contributed by atoms with E-state index in [1.807, 2.05) is 6.20 Å². The third-order valence-corrected chi connectivity index (χ3v) is 6.45. The van der Waals surface area contributed by atoms with Crippen molar-refractivity contribution in [2.24, 2.45) is 0 Å². The van der Waals surface area contributed by atoms with Crippen LogP contribution in [0.2, 0.25) is 25.7 Å². The standard InChI is InChI=1S/C22H30N2OSi/c1-17(2)19-8-6-7-9-20(19)21-14-18-10-11-24(22(18)15-23-21)16-25-12-13-26(3,4)5/h6-11,14-15,17H,12-13,16H2,1-5H3. The first-order valence-corrected chi connectivity index (χ1v) is 13.2. The molecule has 0 aliphatic rings. The maximum atomic E-state index is 5.90. The summed E-state index contributed by atoms with van der Waals surface area (Å²) < 4.78 is 8.04. The molecule has 0 amide bonds. The number of hydrogen-bond acceptors (Lipinski definition) is 2. The molecule has 3 rings (SSSR count). The van der Waals surface area contributed by atoms with E-state index in [-0.39, 0.29) is 0 Å². The van der Waals surface area contributed by atoms with E-state index in [1.54, 1.807) is 0 Å². The molecule has 0 N–H and O–H groups in total. The predicted molar refractivity (Wildman–Crippen MR) is 113 cm³/mol. The van der Waals surface area contributed by atoms with Crippen LogP contribution in [-0.2, 0) is 11.5 Å². The van der Waals surface area contributed by atoms with Crippen LogP contribution in [0.4, 0.5) is 0 Å². The second kappa shape index (κ2) is 7.76. The van der Waals surface area contributed by atoms with Crippen LogP contribution in [0.25, 0.3) is 22.2 Å². The molecular weight excluding hydrogens is 336 g/mol. The van der Waals surface area contributed by atoms with Gasteiger partial charge in [0.05, 0.1) is 17.4 Å². The molecule has 1 aromatic carbocycles. The Labute approximate surface area is 158 Å². The zero-order valence-corrected chi connectivity index (χ0v) is 17.6. The molecule has 3 aromatic rings. The van der Waals surface area contributed by atoms with E-state index in [2.05, 4.69) is 80.7 Å². The summed E-state index contributed by atoms with van der Waals surface area (Å²) in [5.41, 5.74) is 4.74. The third kappa shape index (κ3) is 4.43. The fraction of sp³-hybridized carbons (Fsp3) is 0.409. The fourth-order valence-electron chi connectivity index (χ4n) is 3.12. The van der Waals surface area contributed by atoms with Crippen LogP contribution in [0.15, 0.2) is 48.8 Å². The third-order valence-electron chi connectivity index (χ3n) is 4.74. The normalized spacial score (nSPS) is 12.2. The van der Waals surface area contributed by atoms with E-state index >= 15 is 0 Å². The Bertz CT molecular complexity index is 877. The molecule has 0 spiro atoms. The van der Waals surface area contributed by atoms with E-state index in [9.17, 15) is 0 Å². The van der Waals surface area contributed by atoms with Crippen molar-refractivity contribution in [3.8, 4) is 11.3 Å². The molecule has 0 aliphatic carbocycles. The Kier molecular flexibility index (Phi) is 5.63. The second-order valence-corrected chi connectivity index (χ2v) is 14.1. The van der Waals surface area contributed by atoms with Gasteiger partial charge in [0.25, 0.3) is 0 Å². The van der Waals surface area contributed by atoms with Crippen LogP contribution in [0.1, 0.15) is 25.3 Å². The minimum absolute atomic E-state index is 0.480. The first kappa shape index (κ1) is 18.9. The molecule has 0 bridgehead atoms. The van der Waals surface area contributed by atoms with Crippen molar-refractivity contribution in [1.82, 2.24) is 9.55 Å². The number of nitrogens with zero attached hydrogens (tertiary/aromatic N) is 2. The summed E-state index contributed by atoms with van der Waals surface area (Å²) >= 11 is 0. The zero-order valence-electron chi connectivity index (χ0n) is 16.6. The van der Waals surface area contributed by atoms with Crippen LogP contribution in [-0.4, -0.2) is 24.2 Å². The quantitative estimate of drug-likeness (QED) is 0.371. The van der Waals surface area contributed by atoms with Crippen molar-refractivity contribution in [2.45, 2.75) is 52.2 Å². The van der Waals surface area contributed by atoms with E-state index in [0.717, 1.165) is 17.8 Å². The molecule has 0 saturated heterocycles. The smallest absolute Gasteiger partial charge is 0.122 e. The van der Waals surface area contributed by atoms with Crippen molar-refractivity contribution >= 4 is 19.0 Å². The summed E-state index contributed by atoms with van der Waals surface area (Å²) in [6.07, 6.45) is 4.07. The SMILES string of the molecule is CC(C)c1ccccc1-c1cc2ccn(COCC[Si](C)(C)C)c2cn1.